The number of nitrogens with zero attached hydrogens (tertiary/aromatic N) is 4. The van der Waals surface area contributed by atoms with Crippen molar-refractivity contribution in [2.24, 2.45) is 0 Å². The summed E-state index contributed by atoms with van der Waals surface area (Å²) in [5.41, 5.74) is 3.34. The number of ether oxygens (including phenoxy) is 1. The monoisotopic (exact) mass is 534 g/mol. The van der Waals surface area contributed by atoms with Crippen molar-refractivity contribution in [1.29, 1.82) is 0 Å². The lowest BCUT2D eigenvalue weighted by molar-refractivity contribution is 0.0741. The van der Waals surface area contributed by atoms with Crippen LogP contribution in [0.3, 0.4) is 0 Å². The predicted octanol–water partition coefficient (Wildman–Crippen LogP) is 6.50. The quantitative estimate of drug-likeness (QED) is 0.250. The Morgan fingerprint density at radius 1 is 0.875 bits per heavy atom. The molecule has 40 heavy (non-hydrogen) atoms. The Bertz CT molecular complexity index is 1690. The van der Waals surface area contributed by atoms with Crippen LogP contribution in [-0.4, -0.2) is 53.1 Å². The molecule has 0 N–H and O–H groups in total. The number of aromatic nitrogens is 2. The minimum absolute atomic E-state index is 0.161. The van der Waals surface area contributed by atoms with Crippen LogP contribution in [0.15, 0.2) is 91.1 Å². The van der Waals surface area contributed by atoms with Crippen LogP contribution in [0.5, 0.6) is 5.75 Å². The van der Waals surface area contributed by atoms with Crippen LogP contribution in [0.1, 0.15) is 23.0 Å². The molecule has 0 aliphatic carbocycles. The van der Waals surface area contributed by atoms with E-state index in [4.69, 9.17) is 4.74 Å². The van der Waals surface area contributed by atoms with Crippen LogP contribution in [0.25, 0.3) is 27.8 Å². The Morgan fingerprint density at radius 2 is 1.68 bits per heavy atom. The van der Waals surface area contributed by atoms with Gasteiger partial charge in [0.15, 0.2) is 0 Å². The number of benzene rings is 4. The first-order chi connectivity index (χ1) is 19.5. The van der Waals surface area contributed by atoms with E-state index < -0.39 is 0 Å². The average Bonchev–Trinajstić information content (AvgIpc) is 3.42. The second-order valence-corrected chi connectivity index (χ2v) is 10.0. The molecular formula is C33H31FN4O2. The number of hydrogen-bond acceptors (Lipinski definition) is 4. The fraction of sp³-hybridized carbons (Fsp3) is 0.212. The van der Waals surface area contributed by atoms with Gasteiger partial charge in [-0.15, -0.1) is 0 Å². The van der Waals surface area contributed by atoms with Gasteiger partial charge in [0.1, 0.15) is 23.1 Å². The van der Waals surface area contributed by atoms with Gasteiger partial charge in [0.25, 0.3) is 5.91 Å². The van der Waals surface area contributed by atoms with Crippen molar-refractivity contribution in [3.05, 3.63) is 108 Å². The van der Waals surface area contributed by atoms with Crippen LogP contribution in [0.4, 0.5) is 10.1 Å². The second-order valence-electron chi connectivity index (χ2n) is 10.0. The van der Waals surface area contributed by atoms with Crippen molar-refractivity contribution in [2.45, 2.75) is 13.8 Å². The molecule has 1 amide bonds. The Balaban J connectivity index is 1.27. The molecule has 6 nitrogen and oxygen atoms in total. The first kappa shape index (κ1) is 25.6. The minimum atomic E-state index is -0.379. The van der Waals surface area contributed by atoms with Gasteiger partial charge in [-0.2, -0.15) is 0 Å². The zero-order valence-electron chi connectivity index (χ0n) is 22.7. The zero-order valence-corrected chi connectivity index (χ0v) is 22.7. The molecule has 202 valence electrons. The van der Waals surface area contributed by atoms with Gasteiger partial charge >= 0.3 is 0 Å². The lowest BCUT2D eigenvalue weighted by Gasteiger charge is -2.36. The average molecular weight is 535 g/mol. The lowest BCUT2D eigenvalue weighted by Crippen LogP contribution is -2.48. The van der Waals surface area contributed by atoms with Crippen LogP contribution >= 0.6 is 0 Å². The number of amides is 1. The summed E-state index contributed by atoms with van der Waals surface area (Å²) in [6.45, 7) is 6.90. The molecule has 1 aromatic heterocycles. The van der Waals surface area contributed by atoms with E-state index in [1.54, 1.807) is 16.8 Å². The minimum Gasteiger partial charge on any atom is -0.494 e. The Morgan fingerprint density at radius 3 is 2.45 bits per heavy atom. The largest absolute Gasteiger partial charge is 0.494 e. The number of hydrogen-bond donors (Lipinski definition) is 0. The predicted molar refractivity (Wildman–Crippen MR) is 157 cm³/mol. The smallest absolute Gasteiger partial charge is 0.274 e. The zero-order chi connectivity index (χ0) is 27.6. The number of aryl methyl sites for hydroxylation is 1. The second kappa shape index (κ2) is 10.8. The number of piperazine rings is 1. The number of carbonyl (C=O) groups excluding carboxylic acids is 1. The molecule has 1 aliphatic rings. The Kier molecular flexibility index (Phi) is 6.95. The van der Waals surface area contributed by atoms with Gasteiger partial charge in [-0.05, 0) is 66.6 Å². The molecule has 0 atom stereocenters. The maximum Gasteiger partial charge on any atom is 0.274 e. The number of rotatable bonds is 6. The summed E-state index contributed by atoms with van der Waals surface area (Å²) in [5, 5.41) is 2.41. The van der Waals surface area contributed by atoms with Crippen molar-refractivity contribution in [3.8, 4) is 22.8 Å². The number of anilines is 1. The third-order valence-corrected chi connectivity index (χ3v) is 7.36. The van der Waals surface area contributed by atoms with E-state index in [0.29, 0.717) is 36.8 Å². The molecule has 0 radical (unpaired) electrons. The third kappa shape index (κ3) is 5.02. The molecule has 0 saturated carbocycles. The summed E-state index contributed by atoms with van der Waals surface area (Å²) in [6, 6.07) is 27.4. The van der Waals surface area contributed by atoms with Crippen molar-refractivity contribution in [1.82, 2.24) is 14.5 Å². The van der Waals surface area contributed by atoms with E-state index in [1.807, 2.05) is 61.2 Å². The van der Waals surface area contributed by atoms with Crippen LogP contribution in [-0.2, 0) is 0 Å². The van der Waals surface area contributed by atoms with Gasteiger partial charge in [-0.1, -0.05) is 42.5 Å². The number of halogens is 1. The molecule has 1 saturated heterocycles. The first-order valence-electron chi connectivity index (χ1n) is 13.6. The molecule has 2 heterocycles. The molecule has 4 aromatic carbocycles. The van der Waals surface area contributed by atoms with Gasteiger partial charge in [0, 0.05) is 44.1 Å². The molecule has 1 aliphatic heterocycles. The fourth-order valence-electron chi connectivity index (χ4n) is 5.26. The molecule has 0 bridgehead atoms. The van der Waals surface area contributed by atoms with E-state index in [1.165, 1.54) is 16.8 Å². The van der Waals surface area contributed by atoms with Gasteiger partial charge in [-0.3, -0.25) is 9.36 Å². The fourth-order valence-corrected chi connectivity index (χ4v) is 5.26. The van der Waals surface area contributed by atoms with E-state index >= 15 is 4.39 Å². The van der Waals surface area contributed by atoms with Crippen molar-refractivity contribution in [2.75, 3.05) is 37.7 Å². The molecule has 0 spiro atoms. The normalized spacial score (nSPS) is 13.6. The number of carbonyl (C=O) groups is 1. The molecular weight excluding hydrogens is 503 g/mol. The van der Waals surface area contributed by atoms with Crippen LogP contribution in [0, 0.1) is 12.7 Å². The molecule has 1 fully saturated rings. The maximum atomic E-state index is 15.1. The summed E-state index contributed by atoms with van der Waals surface area (Å²) in [7, 11) is 0. The Hall–Kier alpha value is -4.65. The van der Waals surface area contributed by atoms with E-state index in [-0.39, 0.29) is 17.4 Å². The topological polar surface area (TPSA) is 50.6 Å². The highest BCUT2D eigenvalue weighted by molar-refractivity contribution is 5.93. The first-order valence-corrected chi connectivity index (χ1v) is 13.6. The third-order valence-electron chi connectivity index (χ3n) is 7.36. The molecule has 5 aromatic rings. The highest BCUT2D eigenvalue weighted by Crippen LogP contribution is 2.29. The van der Waals surface area contributed by atoms with E-state index in [9.17, 15) is 4.79 Å². The van der Waals surface area contributed by atoms with E-state index in [0.717, 1.165) is 30.0 Å². The van der Waals surface area contributed by atoms with Gasteiger partial charge in [-0.25, -0.2) is 9.37 Å². The van der Waals surface area contributed by atoms with Gasteiger partial charge in [0.2, 0.25) is 0 Å². The van der Waals surface area contributed by atoms with Crippen LogP contribution in [0.2, 0.25) is 0 Å². The van der Waals surface area contributed by atoms with Gasteiger partial charge in [0.05, 0.1) is 17.9 Å². The summed E-state index contributed by atoms with van der Waals surface area (Å²) >= 11 is 0. The molecule has 0 unspecified atom stereocenters. The molecule has 7 heteroatoms. The molecule has 6 rings (SSSR count). The maximum absolute atomic E-state index is 15.1. The van der Waals surface area contributed by atoms with Crippen LogP contribution < -0.4 is 9.64 Å². The van der Waals surface area contributed by atoms with Gasteiger partial charge < -0.3 is 14.5 Å². The standard InChI is InChI=1S/C33H31FN4O2/c1-3-40-28-10-6-9-27(21-28)38-22-31(35-32(38)29-14-11-23(2)19-30(29)34)33(39)37-17-15-36(16-18-37)26-13-12-24-7-4-5-8-25(24)20-26/h4-14,19-22H,3,15-18H2,1-2H3. The highest BCUT2D eigenvalue weighted by Gasteiger charge is 2.26. The summed E-state index contributed by atoms with van der Waals surface area (Å²) in [6.07, 6.45) is 1.71. The van der Waals surface area contributed by atoms with E-state index in [2.05, 4.69) is 40.2 Å². The Labute approximate surface area is 233 Å². The number of imidazole rings is 1. The summed E-state index contributed by atoms with van der Waals surface area (Å²) in [4.78, 5) is 22.5. The van der Waals surface area contributed by atoms with Crippen molar-refractivity contribution < 1.29 is 13.9 Å². The highest BCUT2D eigenvalue weighted by atomic mass is 19.1. The van der Waals surface area contributed by atoms with Crippen molar-refractivity contribution in [3.63, 3.8) is 0 Å². The van der Waals surface area contributed by atoms with Crippen molar-refractivity contribution >= 4 is 22.4 Å². The SMILES string of the molecule is CCOc1cccc(-n2cc(C(=O)N3CCN(c4ccc5ccccc5c4)CC3)nc2-c2ccc(C)cc2F)c1. The summed E-state index contributed by atoms with van der Waals surface area (Å²) < 4.78 is 22.6. The summed E-state index contributed by atoms with van der Waals surface area (Å²) in [5.74, 6) is 0.536. The number of fused-ring (bicyclic) bond motifs is 1. The lowest BCUT2D eigenvalue weighted by atomic mass is 10.1.